The zero-order valence-corrected chi connectivity index (χ0v) is 19.5. The van der Waals surface area contributed by atoms with Crippen molar-refractivity contribution in [2.24, 2.45) is 5.73 Å². The molecule has 184 valence electrons. The third-order valence-corrected chi connectivity index (χ3v) is 7.01. The summed E-state index contributed by atoms with van der Waals surface area (Å²) >= 11 is 0. The number of rotatable bonds is 4. The number of benzene rings is 2. The van der Waals surface area contributed by atoms with Gasteiger partial charge in [-0.2, -0.15) is 5.10 Å². The van der Waals surface area contributed by atoms with Gasteiger partial charge in [0.05, 0.1) is 12.3 Å². The topological polar surface area (TPSA) is 111 Å². The maximum atomic E-state index is 14.7. The molecule has 10 heteroatoms. The van der Waals surface area contributed by atoms with E-state index in [4.69, 9.17) is 10.5 Å². The van der Waals surface area contributed by atoms with Crippen molar-refractivity contribution in [3.63, 3.8) is 0 Å². The lowest BCUT2D eigenvalue weighted by Gasteiger charge is -2.29. The van der Waals surface area contributed by atoms with Crippen LogP contribution in [0.25, 0.3) is 5.69 Å². The first kappa shape index (κ1) is 22.3. The number of hydrogen-bond acceptors (Lipinski definition) is 5. The first-order chi connectivity index (χ1) is 17.4. The number of piperidine rings is 1. The molecule has 3 amide bonds. The number of aromatic nitrogens is 2. The first-order valence-electron chi connectivity index (χ1n) is 12.0. The van der Waals surface area contributed by atoms with Crippen LogP contribution < -0.4 is 20.3 Å². The molecule has 36 heavy (non-hydrogen) atoms. The first-order valence-corrected chi connectivity index (χ1v) is 12.0. The highest BCUT2D eigenvalue weighted by Crippen LogP contribution is 2.34. The van der Waals surface area contributed by atoms with Crippen LogP contribution in [0.1, 0.15) is 51.4 Å². The summed E-state index contributed by atoms with van der Waals surface area (Å²) in [5, 5.41) is 4.33. The molecule has 3 aliphatic rings. The SMILES string of the molecule is NC(=O)c1nn(-c2cc(F)c3c(c2)CCO3)c2c1CCN(c1ccc(N3CCCCC3=O)cc1)C2=O. The van der Waals surface area contributed by atoms with Crippen molar-refractivity contribution in [3.8, 4) is 11.4 Å². The van der Waals surface area contributed by atoms with Gasteiger partial charge in [0.2, 0.25) is 5.91 Å². The molecule has 0 bridgehead atoms. The molecule has 6 rings (SSSR count). The monoisotopic (exact) mass is 489 g/mol. The number of carbonyl (C=O) groups excluding carboxylic acids is 3. The summed E-state index contributed by atoms with van der Waals surface area (Å²) in [6, 6.07) is 10.3. The van der Waals surface area contributed by atoms with E-state index in [2.05, 4.69) is 5.10 Å². The predicted octanol–water partition coefficient (Wildman–Crippen LogP) is 2.77. The summed E-state index contributed by atoms with van der Waals surface area (Å²) in [7, 11) is 0. The molecule has 2 aromatic carbocycles. The Hall–Kier alpha value is -4.21. The second-order valence-corrected chi connectivity index (χ2v) is 9.19. The Bertz CT molecular complexity index is 1410. The molecule has 1 fully saturated rings. The predicted molar refractivity (Wildman–Crippen MR) is 129 cm³/mol. The van der Waals surface area contributed by atoms with Crippen molar-refractivity contribution in [1.29, 1.82) is 0 Å². The number of primary amides is 1. The Morgan fingerprint density at radius 1 is 0.944 bits per heavy atom. The number of ether oxygens (including phenoxy) is 1. The van der Waals surface area contributed by atoms with Crippen molar-refractivity contribution < 1.29 is 23.5 Å². The number of nitrogens with zero attached hydrogens (tertiary/aromatic N) is 4. The third kappa shape index (κ3) is 3.52. The Labute approximate surface area is 206 Å². The van der Waals surface area contributed by atoms with E-state index in [0.29, 0.717) is 61.5 Å². The zero-order chi connectivity index (χ0) is 25.0. The Kier molecular flexibility index (Phi) is 5.24. The number of hydrogen-bond donors (Lipinski definition) is 1. The molecule has 1 saturated heterocycles. The maximum absolute atomic E-state index is 14.7. The normalized spacial score (nSPS) is 17.1. The van der Waals surface area contributed by atoms with Crippen LogP contribution in [0.2, 0.25) is 0 Å². The molecule has 3 aliphatic heterocycles. The molecular weight excluding hydrogens is 465 g/mol. The molecule has 9 nitrogen and oxygen atoms in total. The molecule has 3 aromatic rings. The van der Waals surface area contributed by atoms with E-state index < -0.39 is 11.7 Å². The molecule has 0 aliphatic carbocycles. The van der Waals surface area contributed by atoms with Crippen molar-refractivity contribution in [2.75, 3.05) is 29.5 Å². The highest BCUT2D eigenvalue weighted by Gasteiger charge is 2.35. The van der Waals surface area contributed by atoms with E-state index in [9.17, 15) is 18.8 Å². The lowest BCUT2D eigenvalue weighted by atomic mass is 10.0. The van der Waals surface area contributed by atoms with Gasteiger partial charge in [-0.25, -0.2) is 9.07 Å². The zero-order valence-electron chi connectivity index (χ0n) is 19.5. The molecular formula is C26H24FN5O4. The fourth-order valence-electron chi connectivity index (χ4n) is 5.25. The van der Waals surface area contributed by atoms with Crippen molar-refractivity contribution in [3.05, 3.63) is 64.7 Å². The standard InChI is InChI=1S/C26H24FN5O4/c27-20-14-18(13-15-9-12-36-24(15)20)32-23-19(22(29-32)25(28)34)8-11-31(26(23)35)17-6-4-16(5-7-17)30-10-2-1-3-21(30)33/h4-7,13-14H,1-3,8-12H2,(H2,28,34). The number of amides is 3. The van der Waals surface area contributed by atoms with E-state index >= 15 is 0 Å². The number of nitrogens with two attached hydrogens (primary N) is 1. The fraction of sp³-hybridized carbons (Fsp3) is 0.308. The molecule has 0 radical (unpaired) electrons. The quantitative estimate of drug-likeness (QED) is 0.606. The highest BCUT2D eigenvalue weighted by atomic mass is 19.1. The summed E-state index contributed by atoms with van der Waals surface area (Å²) in [6.45, 7) is 1.39. The van der Waals surface area contributed by atoms with Gasteiger partial charge in [-0.15, -0.1) is 0 Å². The molecule has 0 saturated carbocycles. The van der Waals surface area contributed by atoms with Crippen LogP contribution in [0.5, 0.6) is 5.75 Å². The van der Waals surface area contributed by atoms with E-state index in [-0.39, 0.29) is 29.0 Å². The minimum absolute atomic E-state index is 0.00844. The number of halogens is 1. The van der Waals surface area contributed by atoms with Gasteiger partial charge in [0.15, 0.2) is 17.3 Å². The van der Waals surface area contributed by atoms with Crippen LogP contribution >= 0.6 is 0 Å². The van der Waals surface area contributed by atoms with Gasteiger partial charge < -0.3 is 20.3 Å². The molecule has 2 N–H and O–H groups in total. The lowest BCUT2D eigenvalue weighted by Crippen LogP contribution is -2.39. The van der Waals surface area contributed by atoms with Gasteiger partial charge in [0.1, 0.15) is 5.69 Å². The Morgan fingerprint density at radius 3 is 2.42 bits per heavy atom. The summed E-state index contributed by atoms with van der Waals surface area (Å²) in [4.78, 5) is 41.5. The van der Waals surface area contributed by atoms with E-state index in [0.717, 1.165) is 18.5 Å². The van der Waals surface area contributed by atoms with Crippen LogP contribution in [-0.2, 0) is 17.6 Å². The van der Waals surface area contributed by atoms with Crippen LogP contribution in [0, 0.1) is 5.82 Å². The van der Waals surface area contributed by atoms with Crippen molar-refractivity contribution in [2.45, 2.75) is 32.1 Å². The average Bonchev–Trinajstić information content (AvgIpc) is 3.51. The number of fused-ring (bicyclic) bond motifs is 2. The molecule has 0 atom stereocenters. The molecule has 1 aromatic heterocycles. The van der Waals surface area contributed by atoms with Crippen LogP contribution in [0.15, 0.2) is 36.4 Å². The van der Waals surface area contributed by atoms with Gasteiger partial charge in [0.25, 0.3) is 11.8 Å². The summed E-state index contributed by atoms with van der Waals surface area (Å²) in [6.07, 6.45) is 3.31. The van der Waals surface area contributed by atoms with Crippen LogP contribution in [0.3, 0.4) is 0 Å². The minimum Gasteiger partial charge on any atom is -0.490 e. The average molecular weight is 490 g/mol. The van der Waals surface area contributed by atoms with Crippen molar-refractivity contribution in [1.82, 2.24) is 9.78 Å². The number of carbonyl (C=O) groups is 3. The summed E-state index contributed by atoms with van der Waals surface area (Å²) in [5.74, 6) is -1.35. The number of anilines is 2. The van der Waals surface area contributed by atoms with Gasteiger partial charge in [-0.3, -0.25) is 14.4 Å². The van der Waals surface area contributed by atoms with Crippen molar-refractivity contribution >= 4 is 29.1 Å². The van der Waals surface area contributed by atoms with Crippen LogP contribution in [0.4, 0.5) is 15.8 Å². The molecule has 0 spiro atoms. The second-order valence-electron chi connectivity index (χ2n) is 9.19. The minimum atomic E-state index is -0.744. The van der Waals surface area contributed by atoms with Gasteiger partial charge in [-0.1, -0.05) is 0 Å². The van der Waals surface area contributed by atoms with Gasteiger partial charge in [0, 0.05) is 54.5 Å². The molecule has 4 heterocycles. The second kappa shape index (κ2) is 8.47. The van der Waals surface area contributed by atoms with Crippen LogP contribution in [-0.4, -0.2) is 47.2 Å². The van der Waals surface area contributed by atoms with E-state index in [1.54, 1.807) is 15.9 Å². The maximum Gasteiger partial charge on any atom is 0.277 e. The highest BCUT2D eigenvalue weighted by molar-refractivity contribution is 6.09. The smallest absolute Gasteiger partial charge is 0.277 e. The lowest BCUT2D eigenvalue weighted by molar-refractivity contribution is -0.119. The van der Waals surface area contributed by atoms with E-state index in [1.807, 2.05) is 24.3 Å². The summed E-state index contributed by atoms with van der Waals surface area (Å²) in [5.41, 5.74) is 8.68. The Morgan fingerprint density at radius 2 is 1.69 bits per heavy atom. The van der Waals surface area contributed by atoms with Gasteiger partial charge in [-0.05, 0) is 49.6 Å². The van der Waals surface area contributed by atoms with E-state index in [1.165, 1.54) is 10.7 Å². The Balaban J connectivity index is 1.37. The largest absolute Gasteiger partial charge is 0.490 e. The molecule has 0 unspecified atom stereocenters. The third-order valence-electron chi connectivity index (χ3n) is 7.01. The fourth-order valence-corrected chi connectivity index (χ4v) is 5.25. The summed E-state index contributed by atoms with van der Waals surface area (Å²) < 4.78 is 21.4. The van der Waals surface area contributed by atoms with Gasteiger partial charge >= 0.3 is 0 Å².